The fourth-order valence-electron chi connectivity index (χ4n) is 1.71. The molecule has 0 spiro atoms. The second-order valence-corrected chi connectivity index (χ2v) is 4.98. The summed E-state index contributed by atoms with van der Waals surface area (Å²) in [6.45, 7) is 3.63. The minimum atomic E-state index is -0.605. The van der Waals surface area contributed by atoms with Crippen molar-refractivity contribution in [1.29, 1.82) is 0 Å². The number of anilines is 1. The predicted molar refractivity (Wildman–Crippen MR) is 78.7 cm³/mol. The van der Waals surface area contributed by atoms with E-state index in [1.54, 1.807) is 0 Å². The van der Waals surface area contributed by atoms with E-state index < -0.39 is 5.97 Å². The monoisotopic (exact) mass is 298 g/mol. The van der Waals surface area contributed by atoms with Crippen molar-refractivity contribution in [2.24, 2.45) is 0 Å². The lowest BCUT2D eigenvalue weighted by molar-refractivity contribution is -0.124. The van der Waals surface area contributed by atoms with Crippen LogP contribution in [0.2, 0.25) is 5.02 Å². The molecule has 0 aliphatic carbocycles. The zero-order chi connectivity index (χ0) is 15.1. The van der Waals surface area contributed by atoms with Crippen molar-refractivity contribution in [3.63, 3.8) is 0 Å². The van der Waals surface area contributed by atoms with E-state index in [0.717, 1.165) is 12.8 Å². The van der Waals surface area contributed by atoms with Crippen molar-refractivity contribution in [1.82, 2.24) is 5.32 Å². The molecule has 0 aliphatic heterocycles. The third-order valence-corrected chi connectivity index (χ3v) is 3.04. The Morgan fingerprint density at radius 1 is 1.45 bits per heavy atom. The smallest absolute Gasteiger partial charge is 0.338 e. The normalized spacial score (nSPS) is 11.8. The van der Waals surface area contributed by atoms with Crippen molar-refractivity contribution >= 4 is 29.2 Å². The first kappa shape index (κ1) is 16.3. The molecular formula is C14H19ClN2O3. The molecule has 0 bridgehead atoms. The number of nitrogens with one attached hydrogen (secondary N) is 1. The summed E-state index contributed by atoms with van der Waals surface area (Å²) in [5, 5.41) is 3.11. The molecule has 3 N–H and O–H groups in total. The van der Waals surface area contributed by atoms with E-state index in [0.29, 0.717) is 10.7 Å². The molecule has 1 atom stereocenters. The summed E-state index contributed by atoms with van der Waals surface area (Å²) in [6.07, 6.45) is 1.86. The van der Waals surface area contributed by atoms with Gasteiger partial charge in [-0.1, -0.05) is 24.9 Å². The molecular weight excluding hydrogens is 280 g/mol. The molecule has 20 heavy (non-hydrogen) atoms. The number of benzene rings is 1. The van der Waals surface area contributed by atoms with Crippen LogP contribution in [0.3, 0.4) is 0 Å². The van der Waals surface area contributed by atoms with Gasteiger partial charge in [0.2, 0.25) is 0 Å². The van der Waals surface area contributed by atoms with Crippen molar-refractivity contribution in [2.75, 3.05) is 12.3 Å². The van der Waals surface area contributed by atoms with E-state index in [-0.39, 0.29) is 24.1 Å². The van der Waals surface area contributed by atoms with E-state index >= 15 is 0 Å². The third-order valence-electron chi connectivity index (χ3n) is 2.70. The van der Waals surface area contributed by atoms with E-state index in [1.165, 1.54) is 18.2 Å². The highest BCUT2D eigenvalue weighted by Gasteiger charge is 2.12. The Morgan fingerprint density at radius 3 is 2.75 bits per heavy atom. The maximum Gasteiger partial charge on any atom is 0.338 e. The van der Waals surface area contributed by atoms with Gasteiger partial charge in [0.1, 0.15) is 0 Å². The van der Waals surface area contributed by atoms with Gasteiger partial charge in [0.25, 0.3) is 5.91 Å². The SMILES string of the molecule is CCCC(C)NC(=O)COC(=O)c1ccc(Cl)c(N)c1. The van der Waals surface area contributed by atoms with Gasteiger partial charge in [-0.15, -0.1) is 0 Å². The number of hydrogen-bond acceptors (Lipinski definition) is 4. The van der Waals surface area contributed by atoms with Crippen LogP contribution in [0.25, 0.3) is 0 Å². The number of nitrogens with two attached hydrogens (primary N) is 1. The standard InChI is InChI=1S/C14H19ClN2O3/c1-3-4-9(2)17-13(18)8-20-14(19)10-5-6-11(15)12(16)7-10/h5-7,9H,3-4,8,16H2,1-2H3,(H,17,18). The number of hydrogen-bond donors (Lipinski definition) is 2. The topological polar surface area (TPSA) is 81.4 Å². The first-order valence-electron chi connectivity index (χ1n) is 6.45. The molecule has 1 amide bonds. The van der Waals surface area contributed by atoms with Crippen LogP contribution < -0.4 is 11.1 Å². The van der Waals surface area contributed by atoms with Gasteiger partial charge in [-0.05, 0) is 31.5 Å². The average molecular weight is 299 g/mol. The largest absolute Gasteiger partial charge is 0.452 e. The maximum absolute atomic E-state index is 11.7. The Kier molecular flexibility index (Phi) is 6.31. The second-order valence-electron chi connectivity index (χ2n) is 4.57. The Morgan fingerprint density at radius 2 is 2.15 bits per heavy atom. The molecule has 0 aliphatic rings. The summed E-state index contributed by atoms with van der Waals surface area (Å²) in [5.41, 5.74) is 6.15. The summed E-state index contributed by atoms with van der Waals surface area (Å²) < 4.78 is 4.91. The van der Waals surface area contributed by atoms with Crippen LogP contribution in [0.5, 0.6) is 0 Å². The van der Waals surface area contributed by atoms with Gasteiger partial charge in [-0.25, -0.2) is 4.79 Å². The number of esters is 1. The lowest BCUT2D eigenvalue weighted by Gasteiger charge is -2.12. The Balaban J connectivity index is 2.46. The van der Waals surface area contributed by atoms with E-state index in [2.05, 4.69) is 5.32 Å². The summed E-state index contributed by atoms with van der Waals surface area (Å²) in [7, 11) is 0. The quantitative estimate of drug-likeness (QED) is 0.624. The summed E-state index contributed by atoms with van der Waals surface area (Å²) in [5.74, 6) is -0.923. The van der Waals surface area contributed by atoms with Crippen molar-refractivity contribution < 1.29 is 14.3 Å². The lowest BCUT2D eigenvalue weighted by atomic mass is 10.2. The third kappa shape index (κ3) is 5.09. The lowest BCUT2D eigenvalue weighted by Crippen LogP contribution is -2.35. The molecule has 5 nitrogen and oxygen atoms in total. The zero-order valence-corrected chi connectivity index (χ0v) is 12.4. The van der Waals surface area contributed by atoms with Gasteiger partial charge < -0.3 is 15.8 Å². The predicted octanol–water partition coefficient (Wildman–Crippen LogP) is 2.38. The summed E-state index contributed by atoms with van der Waals surface area (Å²) in [4.78, 5) is 23.3. The number of ether oxygens (including phenoxy) is 1. The molecule has 110 valence electrons. The fraction of sp³-hybridized carbons (Fsp3) is 0.429. The van der Waals surface area contributed by atoms with Gasteiger partial charge in [0.15, 0.2) is 6.61 Å². The van der Waals surface area contributed by atoms with Crippen LogP contribution in [0, 0.1) is 0 Å². The molecule has 0 heterocycles. The Hall–Kier alpha value is -1.75. The van der Waals surface area contributed by atoms with Crippen LogP contribution in [-0.2, 0) is 9.53 Å². The van der Waals surface area contributed by atoms with Crippen molar-refractivity contribution in [2.45, 2.75) is 32.7 Å². The van der Waals surface area contributed by atoms with Gasteiger partial charge in [0, 0.05) is 6.04 Å². The number of nitrogen functional groups attached to an aromatic ring is 1. The van der Waals surface area contributed by atoms with Crippen molar-refractivity contribution in [3.05, 3.63) is 28.8 Å². The zero-order valence-electron chi connectivity index (χ0n) is 11.6. The summed E-state index contributed by atoms with van der Waals surface area (Å²) >= 11 is 5.76. The highest BCUT2D eigenvalue weighted by atomic mass is 35.5. The number of amides is 1. The average Bonchev–Trinajstić information content (AvgIpc) is 2.39. The van der Waals surface area contributed by atoms with E-state index in [1.807, 2.05) is 13.8 Å². The molecule has 1 unspecified atom stereocenters. The number of carbonyl (C=O) groups excluding carboxylic acids is 2. The van der Waals surface area contributed by atoms with Gasteiger partial charge in [0.05, 0.1) is 16.3 Å². The van der Waals surface area contributed by atoms with Crippen LogP contribution in [-0.4, -0.2) is 24.5 Å². The van der Waals surface area contributed by atoms with Gasteiger partial charge in [-0.3, -0.25) is 4.79 Å². The van der Waals surface area contributed by atoms with Gasteiger partial charge >= 0.3 is 5.97 Å². The highest BCUT2D eigenvalue weighted by Crippen LogP contribution is 2.19. The van der Waals surface area contributed by atoms with Crippen LogP contribution in [0.15, 0.2) is 18.2 Å². The molecule has 6 heteroatoms. The number of rotatable bonds is 6. The molecule has 0 radical (unpaired) electrons. The van der Waals surface area contributed by atoms with E-state index in [9.17, 15) is 9.59 Å². The first-order chi connectivity index (χ1) is 9.43. The van der Waals surface area contributed by atoms with E-state index in [4.69, 9.17) is 22.1 Å². The molecule has 0 saturated carbocycles. The highest BCUT2D eigenvalue weighted by molar-refractivity contribution is 6.33. The minimum Gasteiger partial charge on any atom is -0.452 e. The number of halogens is 1. The maximum atomic E-state index is 11.7. The Labute approximate surface area is 123 Å². The minimum absolute atomic E-state index is 0.0670. The molecule has 0 fully saturated rings. The van der Waals surface area contributed by atoms with Gasteiger partial charge in [-0.2, -0.15) is 0 Å². The molecule has 1 aromatic carbocycles. The molecule has 0 aromatic heterocycles. The van der Waals surface area contributed by atoms with Crippen molar-refractivity contribution in [3.8, 4) is 0 Å². The first-order valence-corrected chi connectivity index (χ1v) is 6.83. The van der Waals surface area contributed by atoms with Crippen LogP contribution >= 0.6 is 11.6 Å². The molecule has 1 aromatic rings. The Bertz CT molecular complexity index is 491. The molecule has 1 rings (SSSR count). The summed E-state index contributed by atoms with van der Waals surface area (Å²) in [6, 6.07) is 4.50. The molecule has 0 saturated heterocycles. The fourth-order valence-corrected chi connectivity index (χ4v) is 1.82. The van der Waals surface area contributed by atoms with Crippen LogP contribution in [0.4, 0.5) is 5.69 Å². The second kappa shape index (κ2) is 7.75. The van der Waals surface area contributed by atoms with Crippen LogP contribution in [0.1, 0.15) is 37.0 Å². The number of carbonyl (C=O) groups is 2.